The van der Waals surface area contributed by atoms with Gasteiger partial charge >= 0.3 is 0 Å². The van der Waals surface area contributed by atoms with Gasteiger partial charge in [0.15, 0.2) is 5.76 Å². The van der Waals surface area contributed by atoms with Crippen molar-refractivity contribution >= 4 is 17.5 Å². The number of furan rings is 1. The smallest absolute Gasteiger partial charge is 0.286 e. The number of hydrogen-bond acceptors (Lipinski definition) is 4. The fourth-order valence-corrected chi connectivity index (χ4v) is 2.24. The molecule has 0 spiro atoms. The maximum atomic E-state index is 12.0. The van der Waals surface area contributed by atoms with Crippen molar-refractivity contribution < 1.29 is 13.9 Å². The minimum atomic E-state index is -0.206. The van der Waals surface area contributed by atoms with Crippen molar-refractivity contribution in [2.45, 2.75) is 20.0 Å². The number of ether oxygens (including phenoxy) is 1. The minimum Gasteiger partial charge on any atom is -0.486 e. The highest BCUT2D eigenvalue weighted by atomic mass is 35.5. The van der Waals surface area contributed by atoms with Crippen LogP contribution >= 0.6 is 11.6 Å². The molecule has 0 bridgehead atoms. The Morgan fingerprint density at radius 1 is 1.29 bits per heavy atom. The average Bonchev–Trinajstić information content (AvgIpc) is 3.01. The summed E-state index contributed by atoms with van der Waals surface area (Å²) in [5.41, 5.74) is 0.950. The summed E-state index contributed by atoms with van der Waals surface area (Å²) in [5, 5.41) is 3.54. The van der Waals surface area contributed by atoms with Gasteiger partial charge in [-0.2, -0.15) is 0 Å². The van der Waals surface area contributed by atoms with Gasteiger partial charge in [-0.15, -0.1) is 0 Å². The van der Waals surface area contributed by atoms with Crippen molar-refractivity contribution in [1.29, 1.82) is 0 Å². The van der Waals surface area contributed by atoms with Gasteiger partial charge in [-0.1, -0.05) is 11.6 Å². The van der Waals surface area contributed by atoms with Crippen LogP contribution in [0, 0.1) is 6.92 Å². The zero-order chi connectivity index (χ0) is 17.5. The first-order valence-electron chi connectivity index (χ1n) is 7.86. The van der Waals surface area contributed by atoms with Crippen LogP contribution in [0.1, 0.15) is 28.3 Å². The van der Waals surface area contributed by atoms with Crippen LogP contribution in [0.2, 0.25) is 5.02 Å². The Kier molecular flexibility index (Phi) is 6.70. The molecular formula is C18H23ClN2O3. The van der Waals surface area contributed by atoms with E-state index in [0.717, 1.165) is 18.5 Å². The van der Waals surface area contributed by atoms with Crippen molar-refractivity contribution in [3.63, 3.8) is 0 Å². The lowest BCUT2D eigenvalue weighted by atomic mass is 10.2. The van der Waals surface area contributed by atoms with E-state index >= 15 is 0 Å². The molecule has 0 radical (unpaired) electrons. The number of rotatable bonds is 8. The van der Waals surface area contributed by atoms with E-state index in [9.17, 15) is 4.79 Å². The lowest BCUT2D eigenvalue weighted by Gasteiger charge is -2.09. The maximum Gasteiger partial charge on any atom is 0.286 e. The zero-order valence-electron chi connectivity index (χ0n) is 14.3. The fraction of sp³-hybridized carbons (Fsp3) is 0.389. The normalized spacial score (nSPS) is 10.9. The molecule has 0 fully saturated rings. The van der Waals surface area contributed by atoms with Gasteiger partial charge in [0.2, 0.25) is 0 Å². The summed E-state index contributed by atoms with van der Waals surface area (Å²) in [7, 11) is 4.01. The third-order valence-corrected chi connectivity index (χ3v) is 3.89. The van der Waals surface area contributed by atoms with Crippen molar-refractivity contribution in [2.24, 2.45) is 0 Å². The van der Waals surface area contributed by atoms with Gasteiger partial charge < -0.3 is 19.4 Å². The molecule has 1 heterocycles. The molecule has 0 aliphatic carbocycles. The second-order valence-corrected chi connectivity index (χ2v) is 6.29. The van der Waals surface area contributed by atoms with Gasteiger partial charge in [-0.05, 0) is 69.9 Å². The Balaban J connectivity index is 1.81. The molecule has 0 aliphatic rings. The highest BCUT2D eigenvalue weighted by Crippen LogP contribution is 2.22. The van der Waals surface area contributed by atoms with Crippen molar-refractivity contribution in [3.8, 4) is 5.75 Å². The number of benzene rings is 1. The molecule has 0 saturated carbocycles. The first-order chi connectivity index (χ1) is 11.5. The van der Waals surface area contributed by atoms with Gasteiger partial charge in [-0.25, -0.2) is 0 Å². The molecule has 0 atom stereocenters. The van der Waals surface area contributed by atoms with Crippen LogP contribution in [0.4, 0.5) is 0 Å². The highest BCUT2D eigenvalue weighted by molar-refractivity contribution is 6.31. The summed E-state index contributed by atoms with van der Waals surface area (Å²) in [6.07, 6.45) is 0.894. The molecule has 0 aliphatic heterocycles. The topological polar surface area (TPSA) is 54.7 Å². The molecule has 1 N–H and O–H groups in total. The Hall–Kier alpha value is -1.98. The van der Waals surface area contributed by atoms with Gasteiger partial charge in [0.25, 0.3) is 5.91 Å². The van der Waals surface area contributed by atoms with Gasteiger partial charge in [0.1, 0.15) is 18.1 Å². The van der Waals surface area contributed by atoms with Gasteiger partial charge in [-0.3, -0.25) is 4.79 Å². The average molecular weight is 351 g/mol. The monoisotopic (exact) mass is 350 g/mol. The Bertz CT molecular complexity index is 683. The lowest BCUT2D eigenvalue weighted by molar-refractivity contribution is 0.0920. The van der Waals surface area contributed by atoms with Crippen LogP contribution in [-0.2, 0) is 6.61 Å². The van der Waals surface area contributed by atoms with E-state index < -0.39 is 0 Å². The predicted molar refractivity (Wildman–Crippen MR) is 94.7 cm³/mol. The van der Waals surface area contributed by atoms with Crippen molar-refractivity contribution in [2.75, 3.05) is 27.2 Å². The molecule has 6 heteroatoms. The van der Waals surface area contributed by atoms with E-state index in [4.69, 9.17) is 20.8 Å². The van der Waals surface area contributed by atoms with Crippen molar-refractivity contribution in [3.05, 3.63) is 52.4 Å². The summed E-state index contributed by atoms with van der Waals surface area (Å²) < 4.78 is 11.2. The largest absolute Gasteiger partial charge is 0.486 e. The van der Waals surface area contributed by atoms with Crippen LogP contribution in [0.3, 0.4) is 0 Å². The van der Waals surface area contributed by atoms with E-state index in [1.165, 1.54) is 0 Å². The van der Waals surface area contributed by atoms with E-state index in [0.29, 0.717) is 28.8 Å². The summed E-state index contributed by atoms with van der Waals surface area (Å²) >= 11 is 5.98. The minimum absolute atomic E-state index is 0.206. The predicted octanol–water partition coefficient (Wildman–Crippen LogP) is 3.50. The number of nitrogens with zero attached hydrogens (tertiary/aromatic N) is 1. The first-order valence-corrected chi connectivity index (χ1v) is 8.24. The second kappa shape index (κ2) is 8.76. The number of carbonyl (C=O) groups excluding carboxylic acids is 1. The lowest BCUT2D eigenvalue weighted by Crippen LogP contribution is -2.26. The first kappa shape index (κ1) is 18.4. The number of hydrogen-bond donors (Lipinski definition) is 1. The second-order valence-electron chi connectivity index (χ2n) is 5.88. The van der Waals surface area contributed by atoms with Crippen LogP contribution in [0.5, 0.6) is 5.75 Å². The SMILES string of the molecule is Cc1cc(OCc2ccc(C(=O)NCCCN(C)C)o2)ccc1Cl. The van der Waals surface area contributed by atoms with Crippen LogP contribution in [0.25, 0.3) is 0 Å². The molecule has 2 rings (SSSR count). The standard InChI is InChI=1S/C18H23ClN2O3/c1-13-11-14(5-7-16(13)19)23-12-15-6-8-17(24-15)18(22)20-9-4-10-21(2)3/h5-8,11H,4,9-10,12H2,1-3H3,(H,20,22). The molecule has 130 valence electrons. The summed E-state index contributed by atoms with van der Waals surface area (Å²) in [5.74, 6) is 1.40. The maximum absolute atomic E-state index is 12.0. The summed E-state index contributed by atoms with van der Waals surface area (Å²) in [6, 6.07) is 8.87. The molecule has 2 aromatic rings. The van der Waals surface area contributed by atoms with Crippen LogP contribution in [0.15, 0.2) is 34.7 Å². The van der Waals surface area contributed by atoms with Crippen LogP contribution in [-0.4, -0.2) is 38.0 Å². The van der Waals surface area contributed by atoms with Crippen molar-refractivity contribution in [1.82, 2.24) is 10.2 Å². The van der Waals surface area contributed by atoms with Crippen LogP contribution < -0.4 is 10.1 Å². The van der Waals surface area contributed by atoms with E-state index in [1.54, 1.807) is 24.3 Å². The van der Waals surface area contributed by atoms with Gasteiger partial charge in [0, 0.05) is 11.6 Å². The zero-order valence-corrected chi connectivity index (χ0v) is 15.0. The quantitative estimate of drug-likeness (QED) is 0.740. The molecule has 0 saturated heterocycles. The molecule has 5 nitrogen and oxygen atoms in total. The molecule has 24 heavy (non-hydrogen) atoms. The van der Waals surface area contributed by atoms with E-state index in [2.05, 4.69) is 10.2 Å². The Morgan fingerprint density at radius 2 is 2.08 bits per heavy atom. The number of nitrogens with one attached hydrogen (secondary N) is 1. The summed E-state index contributed by atoms with van der Waals surface area (Å²) in [4.78, 5) is 14.1. The third-order valence-electron chi connectivity index (χ3n) is 3.46. The molecule has 1 amide bonds. The van der Waals surface area contributed by atoms with E-state index in [-0.39, 0.29) is 12.5 Å². The van der Waals surface area contributed by atoms with E-state index in [1.807, 2.05) is 27.1 Å². The third kappa shape index (κ3) is 5.58. The molecule has 0 unspecified atom stereocenters. The number of amides is 1. The Labute approximate surface area is 147 Å². The molecular weight excluding hydrogens is 328 g/mol. The number of halogens is 1. The highest BCUT2D eigenvalue weighted by Gasteiger charge is 2.11. The fourth-order valence-electron chi connectivity index (χ4n) is 2.12. The summed E-state index contributed by atoms with van der Waals surface area (Å²) in [6.45, 7) is 3.72. The molecule has 1 aromatic heterocycles. The molecule has 1 aromatic carbocycles. The number of carbonyl (C=O) groups is 1. The number of aryl methyl sites for hydroxylation is 1. The van der Waals surface area contributed by atoms with Gasteiger partial charge in [0.05, 0.1) is 0 Å². The Morgan fingerprint density at radius 3 is 2.79 bits per heavy atom.